The van der Waals surface area contributed by atoms with E-state index in [1.54, 1.807) is 47.6 Å². The summed E-state index contributed by atoms with van der Waals surface area (Å²) in [5.41, 5.74) is 1.71. The van der Waals surface area contributed by atoms with Crippen LogP contribution in [0.2, 0.25) is 5.02 Å². The molecule has 1 saturated carbocycles. The van der Waals surface area contributed by atoms with Gasteiger partial charge in [-0.05, 0) is 72.5 Å². The first kappa shape index (κ1) is 25.4. The number of carbonyl (C=O) groups excluding carboxylic acids is 2. The van der Waals surface area contributed by atoms with Gasteiger partial charge in [0.25, 0.3) is 0 Å². The van der Waals surface area contributed by atoms with Crippen molar-refractivity contribution in [2.75, 3.05) is 38.7 Å². The summed E-state index contributed by atoms with van der Waals surface area (Å²) in [7, 11) is 1.61. The third-order valence-corrected chi connectivity index (χ3v) is 7.98. The number of benzene rings is 2. The first-order valence-electron chi connectivity index (χ1n) is 12.4. The number of halogens is 1. The standard InChI is InChI=1S/C28H30ClN3O4S/c1-35-24-7-2-3-8-25(24)36-18-23-22-12-14-37-26(22)11-13-32(23)27(33)17-31(16-19-9-10-19)28(34)30-21-6-4-5-20(29)15-21/h2-8,12,14-15,19,23H,9-11,13,16-18H2,1H3,(H,30,34)/t23-/m0/s1. The summed E-state index contributed by atoms with van der Waals surface area (Å²) in [5, 5.41) is 5.51. The van der Waals surface area contributed by atoms with Gasteiger partial charge in [-0.3, -0.25) is 4.79 Å². The van der Waals surface area contributed by atoms with Crippen molar-refractivity contribution in [2.45, 2.75) is 25.3 Å². The van der Waals surface area contributed by atoms with Crippen LogP contribution in [0.3, 0.4) is 0 Å². The second-order valence-corrected chi connectivity index (χ2v) is 10.8. The highest BCUT2D eigenvalue weighted by Crippen LogP contribution is 2.36. The second kappa shape index (κ2) is 11.4. The second-order valence-electron chi connectivity index (χ2n) is 9.38. The quantitative estimate of drug-likeness (QED) is 0.370. The molecule has 5 rings (SSSR count). The zero-order valence-electron chi connectivity index (χ0n) is 20.7. The van der Waals surface area contributed by atoms with Crippen molar-refractivity contribution in [3.63, 3.8) is 0 Å². The zero-order valence-corrected chi connectivity index (χ0v) is 22.3. The third-order valence-electron chi connectivity index (χ3n) is 6.75. The minimum atomic E-state index is -0.294. The van der Waals surface area contributed by atoms with Crippen molar-refractivity contribution in [1.29, 1.82) is 0 Å². The fraction of sp³-hybridized carbons (Fsp3) is 0.357. The number of carbonyl (C=O) groups is 2. The molecule has 1 aliphatic heterocycles. The summed E-state index contributed by atoms with van der Waals surface area (Å²) in [5.74, 6) is 1.63. The molecule has 0 bridgehead atoms. The summed E-state index contributed by atoms with van der Waals surface area (Å²) in [6, 6.07) is 16.1. The average Bonchev–Trinajstić information content (AvgIpc) is 3.59. The molecule has 1 aliphatic carbocycles. The number of hydrogen-bond acceptors (Lipinski definition) is 5. The third kappa shape index (κ3) is 6.19. The van der Waals surface area contributed by atoms with Crippen molar-refractivity contribution < 1.29 is 19.1 Å². The minimum absolute atomic E-state index is 0.00747. The number of fused-ring (bicyclic) bond motifs is 1. The summed E-state index contributed by atoms with van der Waals surface area (Å²) in [6.07, 6.45) is 2.94. The maximum Gasteiger partial charge on any atom is 0.322 e. The molecule has 2 aliphatic rings. The van der Waals surface area contributed by atoms with Crippen LogP contribution in [0.4, 0.5) is 10.5 Å². The van der Waals surface area contributed by atoms with E-state index < -0.39 is 0 Å². The Morgan fingerprint density at radius 3 is 2.70 bits per heavy atom. The van der Waals surface area contributed by atoms with Crippen LogP contribution in [0.25, 0.3) is 0 Å². The van der Waals surface area contributed by atoms with E-state index >= 15 is 0 Å². The molecule has 2 heterocycles. The number of ether oxygens (including phenoxy) is 2. The Balaban J connectivity index is 1.31. The van der Waals surface area contributed by atoms with Crippen LogP contribution in [0.5, 0.6) is 11.5 Å². The summed E-state index contributed by atoms with van der Waals surface area (Å²) in [4.78, 5) is 31.6. The van der Waals surface area contributed by atoms with Crippen molar-refractivity contribution >= 4 is 40.6 Å². The van der Waals surface area contributed by atoms with Crippen LogP contribution in [0.1, 0.15) is 29.3 Å². The molecule has 1 N–H and O–H groups in total. The summed E-state index contributed by atoms with van der Waals surface area (Å²) >= 11 is 7.79. The predicted octanol–water partition coefficient (Wildman–Crippen LogP) is 5.86. The fourth-order valence-corrected chi connectivity index (χ4v) is 5.75. The Morgan fingerprint density at radius 1 is 1.14 bits per heavy atom. The van der Waals surface area contributed by atoms with Gasteiger partial charge in [0.2, 0.25) is 5.91 Å². The monoisotopic (exact) mass is 539 g/mol. The molecule has 37 heavy (non-hydrogen) atoms. The molecule has 0 unspecified atom stereocenters. The molecule has 194 valence electrons. The van der Waals surface area contributed by atoms with E-state index in [2.05, 4.69) is 16.8 Å². The molecule has 1 aromatic heterocycles. The van der Waals surface area contributed by atoms with Crippen molar-refractivity contribution in [3.05, 3.63) is 75.4 Å². The molecule has 9 heteroatoms. The van der Waals surface area contributed by atoms with E-state index in [9.17, 15) is 9.59 Å². The van der Waals surface area contributed by atoms with Gasteiger partial charge < -0.3 is 24.6 Å². The molecule has 1 fully saturated rings. The number of thiophene rings is 1. The Labute approximate surface area is 225 Å². The van der Waals surface area contributed by atoms with E-state index in [4.69, 9.17) is 21.1 Å². The van der Waals surface area contributed by atoms with Crippen LogP contribution in [0, 0.1) is 5.92 Å². The van der Waals surface area contributed by atoms with Crippen LogP contribution >= 0.6 is 22.9 Å². The van der Waals surface area contributed by atoms with E-state index in [1.807, 2.05) is 29.2 Å². The summed E-state index contributed by atoms with van der Waals surface area (Å²) < 4.78 is 11.6. The molecule has 1 atom stereocenters. The maximum atomic E-state index is 13.7. The number of hydrogen-bond donors (Lipinski definition) is 1. The lowest BCUT2D eigenvalue weighted by atomic mass is 10.0. The highest BCUT2D eigenvalue weighted by Gasteiger charge is 2.35. The van der Waals surface area contributed by atoms with Crippen LogP contribution in [-0.4, -0.2) is 55.1 Å². The van der Waals surface area contributed by atoms with Gasteiger partial charge in [-0.1, -0.05) is 29.8 Å². The van der Waals surface area contributed by atoms with Gasteiger partial charge >= 0.3 is 6.03 Å². The normalized spacial score (nSPS) is 16.6. The fourth-order valence-electron chi connectivity index (χ4n) is 4.64. The van der Waals surface area contributed by atoms with Crippen molar-refractivity contribution in [2.24, 2.45) is 5.92 Å². The number of nitrogens with zero attached hydrogens (tertiary/aromatic N) is 2. The number of methoxy groups -OCH3 is 1. The van der Waals surface area contributed by atoms with E-state index in [1.165, 1.54) is 4.88 Å². The van der Waals surface area contributed by atoms with Gasteiger partial charge in [0.05, 0.1) is 13.2 Å². The van der Waals surface area contributed by atoms with Crippen LogP contribution < -0.4 is 14.8 Å². The number of nitrogens with one attached hydrogen (secondary N) is 1. The maximum absolute atomic E-state index is 13.7. The molecule has 0 saturated heterocycles. The zero-order chi connectivity index (χ0) is 25.8. The average molecular weight is 540 g/mol. The van der Waals surface area contributed by atoms with Crippen molar-refractivity contribution in [3.8, 4) is 11.5 Å². The SMILES string of the molecule is COc1ccccc1OC[C@H]1c2ccsc2CCN1C(=O)CN(CC1CC1)C(=O)Nc1cccc(Cl)c1. The number of rotatable bonds is 9. The largest absolute Gasteiger partial charge is 0.493 e. The highest BCUT2D eigenvalue weighted by molar-refractivity contribution is 7.10. The highest BCUT2D eigenvalue weighted by atomic mass is 35.5. The van der Waals surface area contributed by atoms with Gasteiger partial charge in [0.15, 0.2) is 11.5 Å². The van der Waals surface area contributed by atoms with Crippen molar-refractivity contribution in [1.82, 2.24) is 9.80 Å². The minimum Gasteiger partial charge on any atom is -0.493 e. The Bertz CT molecular complexity index is 1260. The molecular weight excluding hydrogens is 510 g/mol. The molecule has 2 aromatic carbocycles. The van der Waals surface area contributed by atoms with Gasteiger partial charge in [0, 0.05) is 28.7 Å². The van der Waals surface area contributed by atoms with Gasteiger partial charge in [-0.2, -0.15) is 0 Å². The smallest absolute Gasteiger partial charge is 0.322 e. The number of urea groups is 1. The number of amides is 3. The van der Waals surface area contributed by atoms with Crippen LogP contribution in [-0.2, 0) is 11.2 Å². The number of para-hydroxylation sites is 2. The van der Waals surface area contributed by atoms with E-state index in [-0.39, 0.29) is 24.5 Å². The molecule has 3 amide bonds. The van der Waals surface area contributed by atoms with E-state index in [0.29, 0.717) is 47.8 Å². The first-order chi connectivity index (χ1) is 18.0. The molecule has 0 spiro atoms. The Morgan fingerprint density at radius 2 is 1.95 bits per heavy atom. The predicted molar refractivity (Wildman–Crippen MR) is 146 cm³/mol. The lowest BCUT2D eigenvalue weighted by Crippen LogP contribution is -2.49. The lowest BCUT2D eigenvalue weighted by molar-refractivity contribution is -0.135. The van der Waals surface area contributed by atoms with Crippen LogP contribution in [0.15, 0.2) is 60.0 Å². The molecule has 7 nitrogen and oxygen atoms in total. The molecular formula is C28H30ClN3O4S. The Hall–Kier alpha value is -3.23. The first-order valence-corrected chi connectivity index (χ1v) is 13.7. The topological polar surface area (TPSA) is 71.1 Å². The Kier molecular flexibility index (Phi) is 7.86. The van der Waals surface area contributed by atoms with E-state index in [0.717, 1.165) is 24.8 Å². The molecule has 3 aromatic rings. The summed E-state index contributed by atoms with van der Waals surface area (Å²) in [6.45, 7) is 1.44. The number of anilines is 1. The van der Waals surface area contributed by atoms with Gasteiger partial charge in [0.1, 0.15) is 13.2 Å². The molecule has 0 radical (unpaired) electrons. The van der Waals surface area contributed by atoms with Gasteiger partial charge in [-0.15, -0.1) is 11.3 Å². The van der Waals surface area contributed by atoms with Gasteiger partial charge in [-0.25, -0.2) is 4.79 Å². The lowest BCUT2D eigenvalue weighted by Gasteiger charge is -2.37.